The van der Waals surface area contributed by atoms with Crippen molar-refractivity contribution in [2.75, 3.05) is 20.1 Å². The van der Waals surface area contributed by atoms with Gasteiger partial charge in [0.2, 0.25) is 5.91 Å². The predicted octanol–water partition coefficient (Wildman–Crippen LogP) is -0.650. The predicted molar refractivity (Wildman–Crippen MR) is 45.2 cm³/mol. The van der Waals surface area contributed by atoms with Crippen LogP contribution in [0.1, 0.15) is 6.92 Å². The third kappa shape index (κ3) is 1.83. The van der Waals surface area contributed by atoms with E-state index < -0.39 is 0 Å². The van der Waals surface area contributed by atoms with Gasteiger partial charge < -0.3 is 4.90 Å². The Kier molecular flexibility index (Phi) is 3.29. The summed E-state index contributed by atoms with van der Waals surface area (Å²) >= 11 is 0. The molecule has 5 heteroatoms. The first kappa shape index (κ1) is 10.7. The highest BCUT2D eigenvalue weighted by Crippen LogP contribution is 2.27. The molecule has 0 aliphatic carbocycles. The van der Waals surface area contributed by atoms with Crippen LogP contribution in [0.4, 0.5) is 0 Å². The SMILES string of the molecule is CN1CC(C)(C(=O)NN)C1.Cl. The van der Waals surface area contributed by atoms with Crippen LogP contribution in [0.25, 0.3) is 0 Å². The molecule has 1 amide bonds. The fraction of sp³-hybridized carbons (Fsp3) is 0.833. The summed E-state index contributed by atoms with van der Waals surface area (Å²) in [6.07, 6.45) is 0. The molecule has 0 aromatic carbocycles. The van der Waals surface area contributed by atoms with Gasteiger partial charge in [0.05, 0.1) is 5.41 Å². The van der Waals surface area contributed by atoms with Crippen LogP contribution in [0.3, 0.4) is 0 Å². The molecule has 4 nitrogen and oxygen atoms in total. The van der Waals surface area contributed by atoms with Crippen molar-refractivity contribution in [1.82, 2.24) is 10.3 Å². The van der Waals surface area contributed by atoms with E-state index in [1.54, 1.807) is 0 Å². The maximum absolute atomic E-state index is 11.0. The van der Waals surface area contributed by atoms with E-state index in [4.69, 9.17) is 5.84 Å². The van der Waals surface area contributed by atoms with E-state index in [1.807, 2.05) is 14.0 Å². The Morgan fingerprint density at radius 3 is 2.36 bits per heavy atom. The molecule has 1 rings (SSSR count). The molecule has 11 heavy (non-hydrogen) atoms. The Balaban J connectivity index is 0.000001000. The van der Waals surface area contributed by atoms with Gasteiger partial charge in [-0.05, 0) is 14.0 Å². The molecular formula is C6H14ClN3O. The average molecular weight is 180 g/mol. The number of hydrogen-bond donors (Lipinski definition) is 2. The molecule has 1 saturated heterocycles. The summed E-state index contributed by atoms with van der Waals surface area (Å²) in [6, 6.07) is 0. The first-order chi connectivity index (χ1) is 4.58. The number of halogens is 1. The van der Waals surface area contributed by atoms with E-state index in [1.165, 1.54) is 0 Å². The van der Waals surface area contributed by atoms with Gasteiger partial charge in [0.25, 0.3) is 0 Å². The minimum atomic E-state index is -0.247. The molecule has 1 aliphatic rings. The minimum Gasteiger partial charge on any atom is -0.304 e. The summed E-state index contributed by atoms with van der Waals surface area (Å²) < 4.78 is 0. The number of nitrogens with two attached hydrogens (primary N) is 1. The second-order valence-corrected chi connectivity index (χ2v) is 3.21. The van der Waals surface area contributed by atoms with Crippen LogP contribution < -0.4 is 11.3 Å². The van der Waals surface area contributed by atoms with Gasteiger partial charge in [-0.15, -0.1) is 12.4 Å². The molecule has 3 N–H and O–H groups in total. The molecule has 1 fully saturated rings. The highest BCUT2D eigenvalue weighted by Gasteiger charge is 2.42. The lowest BCUT2D eigenvalue weighted by Gasteiger charge is -2.44. The number of nitrogens with one attached hydrogen (secondary N) is 1. The van der Waals surface area contributed by atoms with Crippen LogP contribution in [0, 0.1) is 5.41 Å². The maximum Gasteiger partial charge on any atom is 0.242 e. The van der Waals surface area contributed by atoms with Gasteiger partial charge in [-0.25, -0.2) is 5.84 Å². The second kappa shape index (κ2) is 3.38. The minimum absolute atomic E-state index is 0. The molecule has 0 aromatic heterocycles. The van der Waals surface area contributed by atoms with Crippen LogP contribution >= 0.6 is 12.4 Å². The Bertz CT molecular complexity index is 156. The van der Waals surface area contributed by atoms with Crippen LogP contribution in [0.5, 0.6) is 0 Å². The smallest absolute Gasteiger partial charge is 0.242 e. The number of carbonyl (C=O) groups excluding carboxylic acids is 1. The first-order valence-corrected chi connectivity index (χ1v) is 3.28. The summed E-state index contributed by atoms with van der Waals surface area (Å²) in [5, 5.41) is 0. The Hall–Kier alpha value is -0.320. The normalized spacial score (nSPS) is 21.4. The van der Waals surface area contributed by atoms with Crippen LogP contribution in [0.15, 0.2) is 0 Å². The zero-order valence-corrected chi connectivity index (χ0v) is 7.57. The van der Waals surface area contributed by atoms with Crippen LogP contribution in [0.2, 0.25) is 0 Å². The topological polar surface area (TPSA) is 58.4 Å². The van der Waals surface area contributed by atoms with Crippen molar-refractivity contribution >= 4 is 18.3 Å². The van der Waals surface area contributed by atoms with E-state index >= 15 is 0 Å². The molecule has 0 atom stereocenters. The lowest BCUT2D eigenvalue weighted by molar-refractivity contribution is -0.138. The molecule has 0 saturated carbocycles. The fourth-order valence-corrected chi connectivity index (χ4v) is 1.46. The highest BCUT2D eigenvalue weighted by atomic mass is 35.5. The van der Waals surface area contributed by atoms with Crippen molar-refractivity contribution in [3.63, 3.8) is 0 Å². The quantitative estimate of drug-likeness (QED) is 0.320. The van der Waals surface area contributed by atoms with Gasteiger partial charge in [0.15, 0.2) is 0 Å². The fourth-order valence-electron chi connectivity index (χ4n) is 1.46. The maximum atomic E-state index is 11.0. The molecule has 0 radical (unpaired) electrons. The van der Waals surface area contributed by atoms with Gasteiger partial charge in [0.1, 0.15) is 0 Å². The number of likely N-dealkylation sites (tertiary alicyclic amines) is 1. The summed E-state index contributed by atoms with van der Waals surface area (Å²) in [7, 11) is 1.98. The molecule has 1 aliphatic heterocycles. The van der Waals surface area contributed by atoms with E-state index in [2.05, 4.69) is 10.3 Å². The first-order valence-electron chi connectivity index (χ1n) is 3.28. The monoisotopic (exact) mass is 179 g/mol. The summed E-state index contributed by atoms with van der Waals surface area (Å²) in [5.74, 6) is 4.93. The lowest BCUT2D eigenvalue weighted by Crippen LogP contribution is -2.61. The van der Waals surface area contributed by atoms with Gasteiger partial charge in [0, 0.05) is 13.1 Å². The molecule has 1 heterocycles. The van der Waals surface area contributed by atoms with Crippen LogP contribution in [-0.4, -0.2) is 30.9 Å². The van der Waals surface area contributed by atoms with Gasteiger partial charge in [-0.1, -0.05) is 0 Å². The van der Waals surface area contributed by atoms with Crippen molar-refractivity contribution in [1.29, 1.82) is 0 Å². The summed E-state index contributed by atoms with van der Waals surface area (Å²) in [6.45, 7) is 3.52. The Morgan fingerprint density at radius 1 is 1.64 bits per heavy atom. The highest BCUT2D eigenvalue weighted by molar-refractivity contribution is 5.85. The zero-order valence-electron chi connectivity index (χ0n) is 6.76. The van der Waals surface area contributed by atoms with E-state index in [0.717, 1.165) is 13.1 Å². The van der Waals surface area contributed by atoms with E-state index in [-0.39, 0.29) is 23.7 Å². The zero-order chi connectivity index (χ0) is 7.78. The van der Waals surface area contributed by atoms with Crippen molar-refractivity contribution in [2.45, 2.75) is 6.92 Å². The van der Waals surface area contributed by atoms with E-state index in [0.29, 0.717) is 0 Å². The molecule has 0 spiro atoms. The number of hydrogen-bond acceptors (Lipinski definition) is 3. The van der Waals surface area contributed by atoms with E-state index in [9.17, 15) is 4.79 Å². The van der Waals surface area contributed by atoms with Gasteiger partial charge >= 0.3 is 0 Å². The van der Waals surface area contributed by atoms with Crippen molar-refractivity contribution in [3.05, 3.63) is 0 Å². The summed E-state index contributed by atoms with van der Waals surface area (Å²) in [4.78, 5) is 13.1. The lowest BCUT2D eigenvalue weighted by atomic mass is 9.82. The summed E-state index contributed by atoms with van der Waals surface area (Å²) in [5.41, 5.74) is 1.92. The molecular weight excluding hydrogens is 166 g/mol. The Morgan fingerprint density at radius 2 is 2.09 bits per heavy atom. The number of hydrazine groups is 1. The average Bonchev–Trinajstić information content (AvgIpc) is 1.83. The number of amides is 1. The second-order valence-electron chi connectivity index (χ2n) is 3.21. The van der Waals surface area contributed by atoms with Crippen molar-refractivity contribution < 1.29 is 4.79 Å². The van der Waals surface area contributed by atoms with Gasteiger partial charge in [-0.3, -0.25) is 10.2 Å². The van der Waals surface area contributed by atoms with Crippen molar-refractivity contribution in [2.24, 2.45) is 11.3 Å². The Labute approximate surface area is 72.5 Å². The molecule has 0 aromatic rings. The number of carbonyl (C=O) groups is 1. The number of nitrogens with zero attached hydrogens (tertiary/aromatic N) is 1. The van der Waals surface area contributed by atoms with Crippen LogP contribution in [-0.2, 0) is 4.79 Å². The standard InChI is InChI=1S/C6H13N3O.ClH/c1-6(5(10)8-7)3-9(2)4-6;/h3-4,7H2,1-2H3,(H,8,10);1H. The largest absolute Gasteiger partial charge is 0.304 e. The number of rotatable bonds is 1. The van der Waals surface area contributed by atoms with Gasteiger partial charge in [-0.2, -0.15) is 0 Å². The third-order valence-electron chi connectivity index (χ3n) is 1.92. The third-order valence-corrected chi connectivity index (χ3v) is 1.92. The molecule has 0 unspecified atom stereocenters. The molecule has 0 bridgehead atoms. The van der Waals surface area contributed by atoms with Crippen molar-refractivity contribution in [3.8, 4) is 0 Å². The molecule has 66 valence electrons.